The van der Waals surface area contributed by atoms with Crippen LogP contribution < -0.4 is 11.1 Å². The van der Waals surface area contributed by atoms with E-state index < -0.39 is 0 Å². The smallest absolute Gasteiger partial charge is 0.220 e. The zero-order valence-corrected chi connectivity index (χ0v) is 12.8. The van der Waals surface area contributed by atoms with Gasteiger partial charge in [-0.1, -0.05) is 52.4 Å². The minimum absolute atomic E-state index is 0.126. The van der Waals surface area contributed by atoms with Gasteiger partial charge in [0.25, 0.3) is 0 Å². The number of hydrogen-bond acceptors (Lipinski definition) is 2. The minimum Gasteiger partial charge on any atom is -0.349 e. The van der Waals surface area contributed by atoms with Crippen LogP contribution in [0, 0.1) is 5.92 Å². The summed E-state index contributed by atoms with van der Waals surface area (Å²) in [6.07, 6.45) is 11.3. The van der Waals surface area contributed by atoms with Crippen LogP contribution in [0.15, 0.2) is 0 Å². The van der Waals surface area contributed by atoms with Gasteiger partial charge in [-0.2, -0.15) is 0 Å². The van der Waals surface area contributed by atoms with E-state index in [1.807, 2.05) is 0 Å². The summed E-state index contributed by atoms with van der Waals surface area (Å²) in [7, 11) is 0. The highest BCUT2D eigenvalue weighted by molar-refractivity contribution is 5.76. The minimum atomic E-state index is -0.126. The molecular weight excluding hydrogens is 236 g/mol. The predicted octanol–water partition coefficient (Wildman–Crippen LogP) is 3.37. The molecule has 2 unspecified atom stereocenters. The molecule has 1 aliphatic rings. The van der Waals surface area contributed by atoms with Crippen molar-refractivity contribution in [3.05, 3.63) is 0 Å². The van der Waals surface area contributed by atoms with E-state index in [0.29, 0.717) is 18.9 Å². The molecule has 0 radical (unpaired) electrons. The van der Waals surface area contributed by atoms with Crippen molar-refractivity contribution in [2.75, 3.05) is 6.54 Å². The second-order valence-electron chi connectivity index (χ2n) is 6.22. The van der Waals surface area contributed by atoms with E-state index in [1.165, 1.54) is 44.9 Å². The molecule has 112 valence electrons. The third-order valence-corrected chi connectivity index (χ3v) is 4.71. The van der Waals surface area contributed by atoms with Crippen LogP contribution in [-0.2, 0) is 4.79 Å². The lowest BCUT2D eigenvalue weighted by Crippen LogP contribution is -2.59. The van der Waals surface area contributed by atoms with E-state index in [0.717, 1.165) is 12.8 Å². The normalized spacial score (nSPS) is 27.2. The Bertz CT molecular complexity index is 267. The van der Waals surface area contributed by atoms with Gasteiger partial charge in [0.15, 0.2) is 0 Å². The van der Waals surface area contributed by atoms with Crippen LogP contribution in [0.3, 0.4) is 0 Å². The van der Waals surface area contributed by atoms with Crippen molar-refractivity contribution in [1.29, 1.82) is 0 Å². The molecule has 3 heteroatoms. The van der Waals surface area contributed by atoms with Crippen molar-refractivity contribution < 1.29 is 4.79 Å². The molecule has 0 bridgehead atoms. The molecule has 2 atom stereocenters. The number of unbranched alkanes of at least 4 members (excludes halogenated alkanes) is 4. The Kier molecular flexibility index (Phi) is 7.44. The summed E-state index contributed by atoms with van der Waals surface area (Å²) in [4.78, 5) is 12.1. The van der Waals surface area contributed by atoms with Crippen LogP contribution in [0.25, 0.3) is 0 Å². The molecule has 0 heterocycles. The van der Waals surface area contributed by atoms with Crippen LogP contribution in [0.5, 0.6) is 0 Å². The molecule has 0 aromatic heterocycles. The Morgan fingerprint density at radius 3 is 2.63 bits per heavy atom. The van der Waals surface area contributed by atoms with Gasteiger partial charge in [0, 0.05) is 13.0 Å². The van der Waals surface area contributed by atoms with Crippen LogP contribution in [0.1, 0.15) is 78.1 Å². The fourth-order valence-corrected chi connectivity index (χ4v) is 3.18. The summed E-state index contributed by atoms with van der Waals surface area (Å²) in [5.41, 5.74) is 5.83. The number of carbonyl (C=O) groups is 1. The highest BCUT2D eigenvalue weighted by Crippen LogP contribution is 2.32. The van der Waals surface area contributed by atoms with E-state index in [2.05, 4.69) is 19.2 Å². The highest BCUT2D eigenvalue weighted by atomic mass is 16.1. The number of amides is 1. The average Bonchev–Trinajstić information content (AvgIpc) is 2.41. The lowest BCUT2D eigenvalue weighted by molar-refractivity contribution is -0.124. The van der Waals surface area contributed by atoms with E-state index in [4.69, 9.17) is 5.73 Å². The predicted molar refractivity (Wildman–Crippen MR) is 80.9 cm³/mol. The summed E-state index contributed by atoms with van der Waals surface area (Å²) >= 11 is 0. The summed E-state index contributed by atoms with van der Waals surface area (Å²) in [5, 5.41) is 3.26. The maximum Gasteiger partial charge on any atom is 0.220 e. The summed E-state index contributed by atoms with van der Waals surface area (Å²) in [6.45, 7) is 5.02. The van der Waals surface area contributed by atoms with Crippen LogP contribution >= 0.6 is 0 Å². The number of carbonyl (C=O) groups excluding carboxylic acids is 1. The van der Waals surface area contributed by atoms with Gasteiger partial charge >= 0.3 is 0 Å². The van der Waals surface area contributed by atoms with Gasteiger partial charge < -0.3 is 11.1 Å². The number of hydrogen-bond donors (Lipinski definition) is 2. The number of rotatable bonds is 8. The lowest BCUT2D eigenvalue weighted by Gasteiger charge is -2.42. The largest absolute Gasteiger partial charge is 0.349 e. The SMILES string of the molecule is CCCCCCCC(=O)NC1(CN)CCCCC1C. The molecule has 0 aliphatic heterocycles. The van der Waals surface area contributed by atoms with Crippen LogP contribution in [-0.4, -0.2) is 18.0 Å². The quantitative estimate of drug-likeness (QED) is 0.663. The molecule has 1 rings (SSSR count). The van der Waals surface area contributed by atoms with Crippen molar-refractivity contribution in [2.45, 2.75) is 83.6 Å². The fourth-order valence-electron chi connectivity index (χ4n) is 3.18. The first kappa shape index (κ1) is 16.5. The summed E-state index contributed by atoms with van der Waals surface area (Å²) in [6, 6.07) is 0. The van der Waals surface area contributed by atoms with Crippen molar-refractivity contribution in [3.8, 4) is 0 Å². The number of nitrogens with one attached hydrogen (secondary N) is 1. The molecule has 1 aliphatic carbocycles. The standard InChI is InChI=1S/C16H32N2O/c1-3-4-5-6-7-11-15(19)18-16(13-17)12-9-8-10-14(16)2/h14H,3-13,17H2,1-2H3,(H,18,19). The zero-order valence-electron chi connectivity index (χ0n) is 12.8. The number of nitrogens with two attached hydrogens (primary N) is 1. The average molecular weight is 268 g/mol. The highest BCUT2D eigenvalue weighted by Gasteiger charge is 2.37. The van der Waals surface area contributed by atoms with Crippen molar-refractivity contribution in [1.82, 2.24) is 5.32 Å². The summed E-state index contributed by atoms with van der Waals surface area (Å²) in [5.74, 6) is 0.714. The van der Waals surface area contributed by atoms with Gasteiger partial charge in [-0.05, 0) is 25.2 Å². The molecule has 0 saturated heterocycles. The topological polar surface area (TPSA) is 55.1 Å². The Labute approximate surface area is 118 Å². The van der Waals surface area contributed by atoms with Gasteiger partial charge in [0.2, 0.25) is 5.91 Å². The summed E-state index contributed by atoms with van der Waals surface area (Å²) < 4.78 is 0. The second-order valence-corrected chi connectivity index (χ2v) is 6.22. The third-order valence-electron chi connectivity index (χ3n) is 4.71. The Balaban J connectivity index is 2.32. The zero-order chi connectivity index (χ0) is 14.1. The Morgan fingerprint density at radius 1 is 1.26 bits per heavy atom. The van der Waals surface area contributed by atoms with E-state index in [9.17, 15) is 4.79 Å². The van der Waals surface area contributed by atoms with E-state index >= 15 is 0 Å². The molecule has 1 saturated carbocycles. The molecule has 0 aromatic rings. The van der Waals surface area contributed by atoms with Crippen molar-refractivity contribution >= 4 is 5.91 Å². The molecule has 0 spiro atoms. The van der Waals surface area contributed by atoms with Gasteiger partial charge in [0.1, 0.15) is 0 Å². The maximum absolute atomic E-state index is 12.1. The first-order chi connectivity index (χ1) is 9.14. The van der Waals surface area contributed by atoms with Crippen molar-refractivity contribution in [3.63, 3.8) is 0 Å². The molecule has 19 heavy (non-hydrogen) atoms. The van der Waals surface area contributed by atoms with E-state index in [1.54, 1.807) is 0 Å². The van der Waals surface area contributed by atoms with Gasteiger partial charge in [-0.3, -0.25) is 4.79 Å². The molecule has 3 N–H and O–H groups in total. The van der Waals surface area contributed by atoms with Gasteiger partial charge in [-0.15, -0.1) is 0 Å². The molecule has 1 fully saturated rings. The molecular formula is C16H32N2O. The van der Waals surface area contributed by atoms with E-state index in [-0.39, 0.29) is 11.4 Å². The second kappa shape index (κ2) is 8.57. The molecule has 3 nitrogen and oxygen atoms in total. The lowest BCUT2D eigenvalue weighted by atomic mass is 9.73. The first-order valence-electron chi connectivity index (χ1n) is 8.15. The van der Waals surface area contributed by atoms with Crippen molar-refractivity contribution in [2.24, 2.45) is 11.7 Å². The maximum atomic E-state index is 12.1. The van der Waals surface area contributed by atoms with Crippen LogP contribution in [0.2, 0.25) is 0 Å². The Morgan fingerprint density at radius 2 is 2.00 bits per heavy atom. The Hall–Kier alpha value is -0.570. The third kappa shape index (κ3) is 5.13. The fraction of sp³-hybridized carbons (Fsp3) is 0.938. The molecule has 1 amide bonds. The molecule has 0 aromatic carbocycles. The van der Waals surface area contributed by atoms with Gasteiger partial charge in [-0.25, -0.2) is 0 Å². The monoisotopic (exact) mass is 268 g/mol. The van der Waals surface area contributed by atoms with Gasteiger partial charge in [0.05, 0.1) is 5.54 Å². The first-order valence-corrected chi connectivity index (χ1v) is 8.15. The van der Waals surface area contributed by atoms with Crippen LogP contribution in [0.4, 0.5) is 0 Å².